The molecule has 20 heavy (non-hydrogen) atoms. The van der Waals surface area contributed by atoms with E-state index in [1.165, 1.54) is 25.0 Å². The van der Waals surface area contributed by atoms with Crippen molar-refractivity contribution in [2.75, 3.05) is 5.32 Å². The minimum atomic E-state index is -0.476. The third-order valence-corrected chi connectivity index (χ3v) is 4.13. The SMILES string of the molecule is CC1CCC(C)C(Nc2ccc([N+](=O)[O-])cc2C#N)C1. The molecule has 3 atom stereocenters. The third-order valence-electron chi connectivity index (χ3n) is 4.13. The molecule has 0 aromatic heterocycles. The lowest BCUT2D eigenvalue weighted by atomic mass is 9.80. The average molecular weight is 273 g/mol. The lowest BCUT2D eigenvalue weighted by Gasteiger charge is -2.34. The van der Waals surface area contributed by atoms with Crippen LogP contribution in [0.5, 0.6) is 0 Å². The molecule has 0 heterocycles. The molecule has 5 heteroatoms. The second-order valence-corrected chi connectivity index (χ2v) is 5.75. The van der Waals surface area contributed by atoms with Gasteiger partial charge in [0.25, 0.3) is 5.69 Å². The molecule has 0 saturated heterocycles. The van der Waals surface area contributed by atoms with Crippen LogP contribution in [0.15, 0.2) is 18.2 Å². The molecule has 1 saturated carbocycles. The van der Waals surface area contributed by atoms with Crippen LogP contribution in [0.25, 0.3) is 0 Å². The summed E-state index contributed by atoms with van der Waals surface area (Å²) in [5.74, 6) is 1.22. The first-order valence-electron chi connectivity index (χ1n) is 6.96. The molecule has 1 N–H and O–H groups in total. The number of hydrogen-bond donors (Lipinski definition) is 1. The number of nitriles is 1. The van der Waals surface area contributed by atoms with E-state index in [9.17, 15) is 10.1 Å². The van der Waals surface area contributed by atoms with Crippen LogP contribution in [0.4, 0.5) is 11.4 Å². The fourth-order valence-electron chi connectivity index (χ4n) is 2.80. The highest BCUT2D eigenvalue weighted by molar-refractivity contribution is 5.61. The standard InChI is InChI=1S/C15H19N3O2/c1-10-3-4-11(2)15(7-10)17-14-6-5-13(18(19)20)8-12(14)9-16/h5-6,8,10-11,15,17H,3-4,7H2,1-2H3. The molecule has 106 valence electrons. The minimum absolute atomic E-state index is 0.0443. The number of anilines is 1. The van der Waals surface area contributed by atoms with Gasteiger partial charge in [-0.15, -0.1) is 0 Å². The Morgan fingerprint density at radius 2 is 2.15 bits per heavy atom. The summed E-state index contributed by atoms with van der Waals surface area (Å²) < 4.78 is 0. The Morgan fingerprint density at radius 1 is 1.40 bits per heavy atom. The van der Waals surface area contributed by atoms with E-state index < -0.39 is 4.92 Å². The molecule has 1 aromatic rings. The predicted octanol–water partition coefficient (Wildman–Crippen LogP) is 3.70. The zero-order chi connectivity index (χ0) is 14.7. The summed E-state index contributed by atoms with van der Waals surface area (Å²) in [5, 5.41) is 23.3. The molecule has 0 amide bonds. The van der Waals surface area contributed by atoms with Crippen LogP contribution >= 0.6 is 0 Å². The molecule has 2 rings (SSSR count). The molecule has 1 aliphatic rings. The van der Waals surface area contributed by atoms with Gasteiger partial charge in [-0.3, -0.25) is 10.1 Å². The fraction of sp³-hybridized carbons (Fsp3) is 0.533. The highest BCUT2D eigenvalue weighted by Crippen LogP contribution is 2.32. The molecule has 0 radical (unpaired) electrons. The molecule has 0 bridgehead atoms. The predicted molar refractivity (Wildman–Crippen MR) is 77.4 cm³/mol. The monoisotopic (exact) mass is 273 g/mol. The van der Waals surface area contributed by atoms with Crippen molar-refractivity contribution in [1.82, 2.24) is 0 Å². The summed E-state index contributed by atoms with van der Waals surface area (Å²) >= 11 is 0. The second kappa shape index (κ2) is 5.91. The normalized spacial score (nSPS) is 25.8. The topological polar surface area (TPSA) is 79.0 Å². The summed E-state index contributed by atoms with van der Waals surface area (Å²) in [4.78, 5) is 10.3. The highest BCUT2D eigenvalue weighted by Gasteiger charge is 2.26. The molecule has 1 aliphatic carbocycles. The lowest BCUT2D eigenvalue weighted by Crippen LogP contribution is -2.33. The maximum atomic E-state index is 10.7. The zero-order valence-corrected chi connectivity index (χ0v) is 11.8. The Labute approximate surface area is 118 Å². The van der Waals surface area contributed by atoms with Gasteiger partial charge in [0, 0.05) is 18.2 Å². The second-order valence-electron chi connectivity index (χ2n) is 5.75. The molecular formula is C15H19N3O2. The van der Waals surface area contributed by atoms with Crippen molar-refractivity contribution in [1.29, 1.82) is 5.26 Å². The summed E-state index contributed by atoms with van der Waals surface area (Å²) in [5.41, 5.74) is 0.992. The Hall–Kier alpha value is -2.09. The van der Waals surface area contributed by atoms with E-state index in [0.29, 0.717) is 29.1 Å². The molecule has 0 aliphatic heterocycles. The molecule has 1 fully saturated rings. The summed E-state index contributed by atoms with van der Waals surface area (Å²) in [6.07, 6.45) is 3.49. The molecule has 0 spiro atoms. The van der Waals surface area contributed by atoms with Gasteiger partial charge in [0.1, 0.15) is 6.07 Å². The van der Waals surface area contributed by atoms with E-state index in [0.717, 1.165) is 6.42 Å². The van der Waals surface area contributed by atoms with Crippen molar-refractivity contribution in [3.05, 3.63) is 33.9 Å². The van der Waals surface area contributed by atoms with E-state index >= 15 is 0 Å². The number of benzene rings is 1. The van der Waals surface area contributed by atoms with Gasteiger partial charge in [0.05, 0.1) is 16.2 Å². The Kier molecular flexibility index (Phi) is 4.23. The maximum absolute atomic E-state index is 10.7. The first-order chi connectivity index (χ1) is 9.51. The summed E-state index contributed by atoms with van der Waals surface area (Å²) in [6.45, 7) is 4.45. The van der Waals surface area contributed by atoms with Gasteiger partial charge >= 0.3 is 0 Å². The van der Waals surface area contributed by atoms with Crippen molar-refractivity contribution in [3.63, 3.8) is 0 Å². The Morgan fingerprint density at radius 3 is 2.80 bits per heavy atom. The van der Waals surface area contributed by atoms with E-state index in [2.05, 4.69) is 19.2 Å². The average Bonchev–Trinajstić information content (AvgIpc) is 2.43. The highest BCUT2D eigenvalue weighted by atomic mass is 16.6. The van der Waals surface area contributed by atoms with Crippen molar-refractivity contribution in [2.45, 2.75) is 39.2 Å². The number of nitro groups is 1. The van der Waals surface area contributed by atoms with Crippen molar-refractivity contribution >= 4 is 11.4 Å². The van der Waals surface area contributed by atoms with Gasteiger partial charge in [-0.2, -0.15) is 5.26 Å². The number of nitrogens with zero attached hydrogens (tertiary/aromatic N) is 2. The number of hydrogen-bond acceptors (Lipinski definition) is 4. The van der Waals surface area contributed by atoms with E-state index in [-0.39, 0.29) is 5.69 Å². The number of non-ortho nitro benzene ring substituents is 1. The lowest BCUT2D eigenvalue weighted by molar-refractivity contribution is -0.384. The minimum Gasteiger partial charge on any atom is -0.381 e. The van der Waals surface area contributed by atoms with Crippen LogP contribution in [-0.2, 0) is 0 Å². The Balaban J connectivity index is 2.20. The van der Waals surface area contributed by atoms with Crippen LogP contribution in [0.1, 0.15) is 38.7 Å². The number of nitrogens with one attached hydrogen (secondary N) is 1. The van der Waals surface area contributed by atoms with Gasteiger partial charge in [-0.1, -0.05) is 20.3 Å². The summed E-state index contributed by atoms with van der Waals surface area (Å²) in [6, 6.07) is 6.78. The molecular weight excluding hydrogens is 254 g/mol. The van der Waals surface area contributed by atoms with E-state index in [1.54, 1.807) is 6.07 Å². The molecule has 3 unspecified atom stereocenters. The Bertz CT molecular complexity index is 551. The van der Waals surface area contributed by atoms with E-state index in [1.807, 2.05) is 6.07 Å². The van der Waals surface area contributed by atoms with E-state index in [4.69, 9.17) is 5.26 Å². The largest absolute Gasteiger partial charge is 0.381 e. The van der Waals surface area contributed by atoms with Crippen molar-refractivity contribution < 1.29 is 4.92 Å². The van der Waals surface area contributed by atoms with Crippen LogP contribution in [0.2, 0.25) is 0 Å². The zero-order valence-electron chi connectivity index (χ0n) is 11.8. The van der Waals surface area contributed by atoms with Crippen molar-refractivity contribution in [3.8, 4) is 6.07 Å². The fourth-order valence-corrected chi connectivity index (χ4v) is 2.80. The van der Waals surface area contributed by atoms with Gasteiger partial charge in [0.15, 0.2) is 0 Å². The third kappa shape index (κ3) is 3.08. The first kappa shape index (κ1) is 14.3. The molecule has 5 nitrogen and oxygen atoms in total. The van der Waals surface area contributed by atoms with Crippen LogP contribution < -0.4 is 5.32 Å². The van der Waals surface area contributed by atoms with Crippen molar-refractivity contribution in [2.24, 2.45) is 11.8 Å². The smallest absolute Gasteiger partial charge is 0.270 e. The van der Waals surface area contributed by atoms with Crippen LogP contribution in [-0.4, -0.2) is 11.0 Å². The van der Waals surface area contributed by atoms with Gasteiger partial charge in [0.2, 0.25) is 0 Å². The summed E-state index contributed by atoms with van der Waals surface area (Å²) in [7, 11) is 0. The number of rotatable bonds is 3. The van der Waals surface area contributed by atoms with Gasteiger partial charge in [-0.25, -0.2) is 0 Å². The van der Waals surface area contributed by atoms with Gasteiger partial charge in [-0.05, 0) is 30.7 Å². The van der Waals surface area contributed by atoms with Crippen LogP contribution in [0, 0.1) is 33.3 Å². The number of nitro benzene ring substituents is 1. The first-order valence-corrected chi connectivity index (χ1v) is 6.96. The maximum Gasteiger partial charge on any atom is 0.270 e. The quantitative estimate of drug-likeness (QED) is 0.672. The van der Waals surface area contributed by atoms with Crippen LogP contribution in [0.3, 0.4) is 0 Å². The van der Waals surface area contributed by atoms with Gasteiger partial charge < -0.3 is 5.32 Å². The molecule has 1 aromatic carbocycles.